The Kier molecular flexibility index (Phi) is 5.80. The first kappa shape index (κ1) is 13.5. The van der Waals surface area contributed by atoms with Crippen LogP contribution in [0.5, 0.6) is 0 Å². The molecule has 16 heavy (non-hydrogen) atoms. The van der Waals surface area contributed by atoms with E-state index in [0.717, 1.165) is 17.4 Å². The van der Waals surface area contributed by atoms with Gasteiger partial charge in [0.1, 0.15) is 0 Å². The van der Waals surface area contributed by atoms with E-state index in [-0.39, 0.29) is 5.91 Å². The molecule has 0 heterocycles. The van der Waals surface area contributed by atoms with Crippen LogP contribution < -0.4 is 10.6 Å². The highest BCUT2D eigenvalue weighted by molar-refractivity contribution is 9.10. The number of rotatable bonds is 5. The Labute approximate surface area is 109 Å². The van der Waals surface area contributed by atoms with Crippen LogP contribution in [0.3, 0.4) is 0 Å². The molecule has 1 amide bonds. The number of carbonyl (C=O) groups is 1. The molecule has 1 aromatic rings. The number of halogens is 2. The van der Waals surface area contributed by atoms with E-state index < -0.39 is 0 Å². The molecule has 3 nitrogen and oxygen atoms in total. The second-order valence-electron chi connectivity index (χ2n) is 3.34. The molecule has 0 aliphatic carbocycles. The molecule has 0 saturated heterocycles. The molecule has 88 valence electrons. The van der Waals surface area contributed by atoms with E-state index in [1.807, 2.05) is 7.05 Å². The van der Waals surface area contributed by atoms with Crippen molar-refractivity contribution in [2.75, 3.05) is 20.1 Å². The maximum absolute atomic E-state index is 11.7. The van der Waals surface area contributed by atoms with E-state index in [4.69, 9.17) is 11.6 Å². The summed E-state index contributed by atoms with van der Waals surface area (Å²) in [5.41, 5.74) is 0.612. The molecule has 0 aliphatic heterocycles. The zero-order chi connectivity index (χ0) is 12.0. The van der Waals surface area contributed by atoms with Gasteiger partial charge in [0.15, 0.2) is 0 Å². The second kappa shape index (κ2) is 6.89. The van der Waals surface area contributed by atoms with E-state index in [0.29, 0.717) is 17.1 Å². The molecule has 0 radical (unpaired) electrons. The standard InChI is InChI=1S/C11H14BrClN2O/c1-14-5-2-6-15-11(16)8-3-4-10(13)9(12)7-8/h3-4,7,14H,2,5-6H2,1H3,(H,15,16). The highest BCUT2D eigenvalue weighted by atomic mass is 79.9. The topological polar surface area (TPSA) is 41.1 Å². The van der Waals surface area contributed by atoms with Gasteiger partial charge in [0.05, 0.1) is 5.02 Å². The van der Waals surface area contributed by atoms with Gasteiger partial charge in [0, 0.05) is 16.6 Å². The van der Waals surface area contributed by atoms with Gasteiger partial charge in [-0.25, -0.2) is 0 Å². The van der Waals surface area contributed by atoms with Crippen molar-refractivity contribution in [3.63, 3.8) is 0 Å². The largest absolute Gasteiger partial charge is 0.352 e. The van der Waals surface area contributed by atoms with Crippen molar-refractivity contribution in [3.8, 4) is 0 Å². The molecule has 1 rings (SSSR count). The molecular weight excluding hydrogens is 291 g/mol. The van der Waals surface area contributed by atoms with Crippen LogP contribution in [-0.4, -0.2) is 26.0 Å². The van der Waals surface area contributed by atoms with Crippen LogP contribution in [0.2, 0.25) is 5.02 Å². The number of amides is 1. The van der Waals surface area contributed by atoms with Crippen molar-refractivity contribution in [2.24, 2.45) is 0 Å². The monoisotopic (exact) mass is 304 g/mol. The zero-order valence-electron chi connectivity index (χ0n) is 9.02. The van der Waals surface area contributed by atoms with Crippen LogP contribution in [0.15, 0.2) is 22.7 Å². The lowest BCUT2D eigenvalue weighted by molar-refractivity contribution is 0.0953. The Hall–Kier alpha value is -0.580. The van der Waals surface area contributed by atoms with E-state index in [1.165, 1.54) is 0 Å². The third-order valence-corrected chi connectivity index (χ3v) is 3.28. The van der Waals surface area contributed by atoms with Gasteiger partial charge >= 0.3 is 0 Å². The lowest BCUT2D eigenvalue weighted by Gasteiger charge is -2.05. The summed E-state index contributed by atoms with van der Waals surface area (Å²) in [6.45, 7) is 1.56. The average molecular weight is 306 g/mol. The quantitative estimate of drug-likeness (QED) is 0.821. The third-order valence-electron chi connectivity index (χ3n) is 2.07. The second-order valence-corrected chi connectivity index (χ2v) is 4.60. The fraction of sp³-hybridized carbons (Fsp3) is 0.364. The first-order chi connectivity index (χ1) is 7.65. The molecule has 2 N–H and O–H groups in total. The summed E-state index contributed by atoms with van der Waals surface area (Å²) in [4.78, 5) is 11.7. The van der Waals surface area contributed by atoms with Gasteiger partial charge in [0.2, 0.25) is 0 Å². The van der Waals surface area contributed by atoms with E-state index in [9.17, 15) is 4.79 Å². The summed E-state index contributed by atoms with van der Waals surface area (Å²) >= 11 is 9.13. The van der Waals surface area contributed by atoms with Crippen molar-refractivity contribution in [1.82, 2.24) is 10.6 Å². The van der Waals surface area contributed by atoms with Crippen LogP contribution in [0.4, 0.5) is 0 Å². The Morgan fingerprint density at radius 3 is 2.81 bits per heavy atom. The van der Waals surface area contributed by atoms with Gasteiger partial charge in [-0.2, -0.15) is 0 Å². The smallest absolute Gasteiger partial charge is 0.251 e. The van der Waals surface area contributed by atoms with Crippen molar-refractivity contribution in [3.05, 3.63) is 33.3 Å². The molecule has 0 saturated carbocycles. The number of benzene rings is 1. The molecule has 0 atom stereocenters. The molecular formula is C11H14BrClN2O. The highest BCUT2D eigenvalue weighted by Crippen LogP contribution is 2.23. The lowest BCUT2D eigenvalue weighted by Crippen LogP contribution is -2.26. The first-order valence-electron chi connectivity index (χ1n) is 5.03. The predicted molar refractivity (Wildman–Crippen MR) is 70.0 cm³/mol. The Morgan fingerprint density at radius 1 is 1.44 bits per heavy atom. The van der Waals surface area contributed by atoms with E-state index in [1.54, 1.807) is 18.2 Å². The minimum Gasteiger partial charge on any atom is -0.352 e. The minimum absolute atomic E-state index is 0.0755. The molecule has 0 aliphatic rings. The van der Waals surface area contributed by atoms with E-state index >= 15 is 0 Å². The van der Waals surface area contributed by atoms with Gasteiger partial charge in [0.25, 0.3) is 5.91 Å². The van der Waals surface area contributed by atoms with Gasteiger partial charge in [-0.05, 0) is 54.1 Å². The lowest BCUT2D eigenvalue weighted by atomic mass is 10.2. The van der Waals surface area contributed by atoms with Gasteiger partial charge in [-0.3, -0.25) is 4.79 Å². The Balaban J connectivity index is 2.50. The van der Waals surface area contributed by atoms with Crippen LogP contribution in [0.25, 0.3) is 0 Å². The highest BCUT2D eigenvalue weighted by Gasteiger charge is 2.06. The molecule has 0 spiro atoms. The Bertz CT molecular complexity index is 371. The van der Waals surface area contributed by atoms with Crippen molar-refractivity contribution >= 4 is 33.4 Å². The average Bonchev–Trinajstić information content (AvgIpc) is 2.28. The number of hydrogen-bond acceptors (Lipinski definition) is 2. The SMILES string of the molecule is CNCCCNC(=O)c1ccc(Cl)c(Br)c1. The molecule has 0 bridgehead atoms. The van der Waals surface area contributed by atoms with Gasteiger partial charge in [-0.15, -0.1) is 0 Å². The molecule has 0 aromatic heterocycles. The van der Waals surface area contributed by atoms with Gasteiger partial charge < -0.3 is 10.6 Å². The summed E-state index contributed by atoms with van der Waals surface area (Å²) in [5.74, 6) is -0.0755. The number of carbonyl (C=O) groups excluding carboxylic acids is 1. The zero-order valence-corrected chi connectivity index (χ0v) is 11.4. The van der Waals surface area contributed by atoms with Crippen LogP contribution in [0, 0.1) is 0 Å². The summed E-state index contributed by atoms with van der Waals surface area (Å²) in [5, 5.41) is 6.46. The summed E-state index contributed by atoms with van der Waals surface area (Å²) in [6.07, 6.45) is 0.914. The molecule has 0 fully saturated rings. The summed E-state index contributed by atoms with van der Waals surface area (Å²) in [6, 6.07) is 5.13. The normalized spacial score (nSPS) is 10.2. The summed E-state index contributed by atoms with van der Waals surface area (Å²) < 4.78 is 0.733. The molecule has 1 aromatic carbocycles. The van der Waals surface area contributed by atoms with Crippen molar-refractivity contribution in [1.29, 1.82) is 0 Å². The Morgan fingerprint density at radius 2 is 2.19 bits per heavy atom. The fourth-order valence-corrected chi connectivity index (χ4v) is 1.70. The van der Waals surface area contributed by atoms with Gasteiger partial charge in [-0.1, -0.05) is 11.6 Å². The number of hydrogen-bond donors (Lipinski definition) is 2. The summed E-state index contributed by atoms with van der Waals surface area (Å²) in [7, 11) is 1.89. The van der Waals surface area contributed by atoms with Crippen molar-refractivity contribution < 1.29 is 4.79 Å². The maximum Gasteiger partial charge on any atom is 0.251 e. The fourth-order valence-electron chi connectivity index (χ4n) is 1.21. The predicted octanol–water partition coefficient (Wildman–Crippen LogP) is 2.44. The molecule has 0 unspecified atom stereocenters. The van der Waals surface area contributed by atoms with Crippen LogP contribution in [-0.2, 0) is 0 Å². The molecule has 5 heteroatoms. The van der Waals surface area contributed by atoms with Crippen molar-refractivity contribution in [2.45, 2.75) is 6.42 Å². The first-order valence-corrected chi connectivity index (χ1v) is 6.20. The van der Waals surface area contributed by atoms with Crippen LogP contribution >= 0.6 is 27.5 Å². The third kappa shape index (κ3) is 4.12. The van der Waals surface area contributed by atoms with Crippen LogP contribution in [0.1, 0.15) is 16.8 Å². The maximum atomic E-state index is 11.7. The minimum atomic E-state index is -0.0755. The van der Waals surface area contributed by atoms with E-state index in [2.05, 4.69) is 26.6 Å². The number of nitrogens with one attached hydrogen (secondary N) is 2.